The minimum atomic E-state index is -0.278. The number of nitrogens with two attached hydrogens (primary N) is 1. The molecule has 1 rings (SSSR count). The Morgan fingerprint density at radius 1 is 1.44 bits per heavy atom. The van der Waals surface area contributed by atoms with E-state index in [0.29, 0.717) is 0 Å². The molecule has 0 radical (unpaired) electrons. The molecule has 0 aromatic heterocycles. The van der Waals surface area contributed by atoms with Crippen molar-refractivity contribution in [3.05, 3.63) is 0 Å². The van der Waals surface area contributed by atoms with Gasteiger partial charge in [-0.05, 0) is 32.1 Å². The molecule has 0 aromatic carbocycles. The molecular weight excluding hydrogens is 200 g/mol. The summed E-state index contributed by atoms with van der Waals surface area (Å²) < 4.78 is 0. The fourth-order valence-corrected chi connectivity index (χ4v) is 2.14. The van der Waals surface area contributed by atoms with Crippen LogP contribution in [0.4, 0.5) is 0 Å². The van der Waals surface area contributed by atoms with Crippen molar-refractivity contribution in [2.45, 2.75) is 58.4 Å². The predicted octanol–water partition coefficient (Wildman–Crippen LogP) is 2.15. The Morgan fingerprint density at radius 3 is 2.56 bits per heavy atom. The van der Waals surface area contributed by atoms with E-state index in [4.69, 9.17) is 5.73 Å². The average Bonchev–Trinajstić information content (AvgIpc) is 2.24. The molecule has 0 heterocycles. The molecule has 1 unspecified atom stereocenters. The number of hydrogen-bond acceptors (Lipinski definition) is 2. The highest BCUT2D eigenvalue weighted by atomic mass is 16.2. The van der Waals surface area contributed by atoms with E-state index in [1.807, 2.05) is 11.8 Å². The van der Waals surface area contributed by atoms with Crippen LogP contribution >= 0.6 is 0 Å². The van der Waals surface area contributed by atoms with Crippen molar-refractivity contribution < 1.29 is 4.79 Å². The maximum absolute atomic E-state index is 12.1. The van der Waals surface area contributed by atoms with Gasteiger partial charge in [-0.2, -0.15) is 0 Å². The molecule has 2 N–H and O–H groups in total. The molecule has 1 atom stereocenters. The highest BCUT2D eigenvalue weighted by Crippen LogP contribution is 2.27. The van der Waals surface area contributed by atoms with Gasteiger partial charge in [-0.1, -0.05) is 26.2 Å². The van der Waals surface area contributed by atoms with E-state index >= 15 is 0 Å². The van der Waals surface area contributed by atoms with Crippen molar-refractivity contribution in [3.63, 3.8) is 0 Å². The molecule has 1 aliphatic rings. The number of carbonyl (C=O) groups excluding carboxylic acids is 1. The van der Waals surface area contributed by atoms with Gasteiger partial charge in [0.2, 0.25) is 5.91 Å². The zero-order valence-electron chi connectivity index (χ0n) is 10.7. The summed E-state index contributed by atoms with van der Waals surface area (Å²) in [7, 11) is 0. The minimum Gasteiger partial charge on any atom is -0.341 e. The molecule has 0 saturated heterocycles. The predicted molar refractivity (Wildman–Crippen MR) is 67.1 cm³/mol. The molecule has 0 spiro atoms. The van der Waals surface area contributed by atoms with Crippen molar-refractivity contribution in [1.29, 1.82) is 0 Å². The van der Waals surface area contributed by atoms with Crippen LogP contribution in [0.25, 0.3) is 0 Å². The standard InChI is InChI=1S/C13H26N2O/c1-3-5-9-12(14)13(16)15(4-2)10-11-7-6-8-11/h11-12H,3-10,14H2,1-2H3. The van der Waals surface area contributed by atoms with Crippen molar-refractivity contribution in [2.75, 3.05) is 13.1 Å². The van der Waals surface area contributed by atoms with Crippen LogP contribution < -0.4 is 5.73 Å². The highest BCUT2D eigenvalue weighted by molar-refractivity contribution is 5.81. The number of nitrogens with zero attached hydrogens (tertiary/aromatic N) is 1. The molecule has 3 nitrogen and oxygen atoms in total. The lowest BCUT2D eigenvalue weighted by Crippen LogP contribution is -2.46. The van der Waals surface area contributed by atoms with Crippen molar-refractivity contribution in [2.24, 2.45) is 11.7 Å². The second kappa shape index (κ2) is 6.89. The molecule has 0 aromatic rings. The fourth-order valence-electron chi connectivity index (χ4n) is 2.14. The minimum absolute atomic E-state index is 0.155. The van der Waals surface area contributed by atoms with Gasteiger partial charge in [-0.3, -0.25) is 4.79 Å². The Balaban J connectivity index is 2.34. The Kier molecular flexibility index (Phi) is 5.81. The molecule has 1 saturated carbocycles. The fraction of sp³-hybridized carbons (Fsp3) is 0.923. The molecule has 1 amide bonds. The van der Waals surface area contributed by atoms with Gasteiger partial charge in [0.15, 0.2) is 0 Å². The van der Waals surface area contributed by atoms with Crippen molar-refractivity contribution in [1.82, 2.24) is 4.90 Å². The summed E-state index contributed by atoms with van der Waals surface area (Å²) in [5.74, 6) is 0.894. The van der Waals surface area contributed by atoms with E-state index in [2.05, 4.69) is 6.92 Å². The van der Waals surface area contributed by atoms with E-state index in [1.54, 1.807) is 0 Å². The zero-order valence-corrected chi connectivity index (χ0v) is 10.7. The molecule has 3 heteroatoms. The monoisotopic (exact) mass is 226 g/mol. The molecule has 0 bridgehead atoms. The van der Waals surface area contributed by atoms with E-state index < -0.39 is 0 Å². The third-order valence-corrected chi connectivity index (χ3v) is 3.58. The normalized spacial score (nSPS) is 17.9. The van der Waals surface area contributed by atoms with Gasteiger partial charge >= 0.3 is 0 Å². The van der Waals surface area contributed by atoms with E-state index in [9.17, 15) is 4.79 Å². The third kappa shape index (κ3) is 3.78. The van der Waals surface area contributed by atoms with Gasteiger partial charge < -0.3 is 10.6 Å². The Labute approximate surface area is 99.4 Å². The second-order valence-electron chi connectivity index (χ2n) is 4.92. The topological polar surface area (TPSA) is 46.3 Å². The van der Waals surface area contributed by atoms with Crippen LogP contribution in [0, 0.1) is 5.92 Å². The van der Waals surface area contributed by atoms with Gasteiger partial charge in [0.25, 0.3) is 0 Å². The van der Waals surface area contributed by atoms with Gasteiger partial charge in [-0.15, -0.1) is 0 Å². The number of carbonyl (C=O) groups is 1. The van der Waals surface area contributed by atoms with Gasteiger partial charge in [0.1, 0.15) is 0 Å². The SMILES string of the molecule is CCCCC(N)C(=O)N(CC)CC1CCC1. The number of rotatable bonds is 7. The molecule has 16 heavy (non-hydrogen) atoms. The van der Waals surface area contributed by atoms with Crippen LogP contribution in [-0.2, 0) is 4.79 Å². The molecule has 1 fully saturated rings. The van der Waals surface area contributed by atoms with Gasteiger partial charge in [0.05, 0.1) is 6.04 Å². The maximum atomic E-state index is 12.1. The number of hydrogen-bond donors (Lipinski definition) is 1. The summed E-state index contributed by atoms with van der Waals surface area (Å²) in [6, 6.07) is -0.278. The summed E-state index contributed by atoms with van der Waals surface area (Å²) in [6.07, 6.45) is 6.89. The molecule has 0 aliphatic heterocycles. The average molecular weight is 226 g/mol. The van der Waals surface area contributed by atoms with E-state index in [0.717, 1.165) is 38.3 Å². The van der Waals surface area contributed by atoms with Gasteiger partial charge in [0, 0.05) is 13.1 Å². The number of likely N-dealkylation sites (N-methyl/N-ethyl adjacent to an activating group) is 1. The Hall–Kier alpha value is -0.570. The summed E-state index contributed by atoms with van der Waals surface area (Å²) >= 11 is 0. The maximum Gasteiger partial charge on any atom is 0.239 e. The highest BCUT2D eigenvalue weighted by Gasteiger charge is 2.25. The lowest BCUT2D eigenvalue weighted by atomic mass is 9.85. The molecular formula is C13H26N2O. The molecule has 94 valence electrons. The van der Waals surface area contributed by atoms with E-state index in [1.165, 1.54) is 19.3 Å². The van der Waals surface area contributed by atoms with Gasteiger partial charge in [-0.25, -0.2) is 0 Å². The Morgan fingerprint density at radius 2 is 2.12 bits per heavy atom. The van der Waals surface area contributed by atoms with Crippen molar-refractivity contribution in [3.8, 4) is 0 Å². The lowest BCUT2D eigenvalue weighted by molar-refractivity contribution is -0.133. The van der Waals surface area contributed by atoms with Crippen LogP contribution in [-0.4, -0.2) is 29.9 Å². The number of amides is 1. The first-order valence-corrected chi connectivity index (χ1v) is 6.73. The summed E-state index contributed by atoms with van der Waals surface area (Å²) in [6.45, 7) is 5.90. The van der Waals surface area contributed by atoms with Crippen LogP contribution in [0.5, 0.6) is 0 Å². The first-order valence-electron chi connectivity index (χ1n) is 6.73. The summed E-state index contributed by atoms with van der Waals surface area (Å²) in [5, 5.41) is 0. The number of unbranched alkanes of at least 4 members (excludes halogenated alkanes) is 1. The summed E-state index contributed by atoms with van der Waals surface area (Å²) in [5.41, 5.74) is 5.92. The lowest BCUT2D eigenvalue weighted by Gasteiger charge is -2.33. The molecule has 1 aliphatic carbocycles. The Bertz CT molecular complexity index is 214. The van der Waals surface area contributed by atoms with Crippen LogP contribution in [0.1, 0.15) is 52.4 Å². The quantitative estimate of drug-likeness (QED) is 0.723. The first kappa shape index (κ1) is 13.5. The van der Waals surface area contributed by atoms with Crippen LogP contribution in [0.3, 0.4) is 0 Å². The summed E-state index contributed by atoms with van der Waals surface area (Å²) in [4.78, 5) is 14.0. The van der Waals surface area contributed by atoms with Crippen LogP contribution in [0.15, 0.2) is 0 Å². The van der Waals surface area contributed by atoms with Crippen LogP contribution in [0.2, 0.25) is 0 Å². The van der Waals surface area contributed by atoms with Crippen molar-refractivity contribution >= 4 is 5.91 Å². The second-order valence-corrected chi connectivity index (χ2v) is 4.92. The third-order valence-electron chi connectivity index (χ3n) is 3.58. The smallest absolute Gasteiger partial charge is 0.239 e. The zero-order chi connectivity index (χ0) is 12.0. The van der Waals surface area contributed by atoms with E-state index in [-0.39, 0.29) is 11.9 Å². The largest absolute Gasteiger partial charge is 0.341 e. The first-order chi connectivity index (χ1) is 7.69.